The first kappa shape index (κ1) is 23.0. The zero-order chi connectivity index (χ0) is 23.4. The van der Waals surface area contributed by atoms with Crippen molar-refractivity contribution in [2.45, 2.75) is 39.2 Å². The first-order valence-corrected chi connectivity index (χ1v) is 12.0. The number of likely N-dealkylation sites (N-methyl/N-ethyl adjacent to an activating group) is 1. The van der Waals surface area contributed by atoms with E-state index in [-0.39, 0.29) is 23.6 Å². The Morgan fingerprint density at radius 3 is 2.45 bits per heavy atom. The molecule has 0 unspecified atom stereocenters. The SMILES string of the molecule is CCN1CCN(C(=O)[C@H](C)N2CCCC2=O)C[C@H](Cc2cccc(-c3ccccc3)c2)C1=O. The highest BCUT2D eigenvalue weighted by Crippen LogP contribution is 2.24. The average Bonchev–Trinajstić information content (AvgIpc) is 3.21. The smallest absolute Gasteiger partial charge is 0.245 e. The molecule has 2 atom stereocenters. The van der Waals surface area contributed by atoms with Gasteiger partial charge in [-0.15, -0.1) is 0 Å². The quantitative estimate of drug-likeness (QED) is 0.683. The molecule has 0 bridgehead atoms. The second kappa shape index (κ2) is 10.2. The molecule has 2 aliphatic heterocycles. The number of likely N-dealkylation sites (tertiary alicyclic amines) is 1. The Morgan fingerprint density at radius 2 is 1.76 bits per heavy atom. The van der Waals surface area contributed by atoms with Gasteiger partial charge in [-0.25, -0.2) is 0 Å². The molecule has 4 rings (SSSR count). The van der Waals surface area contributed by atoms with Crippen LogP contribution in [0.4, 0.5) is 0 Å². The molecule has 6 nitrogen and oxygen atoms in total. The third-order valence-corrected chi connectivity index (χ3v) is 6.89. The normalized spacial score (nSPS) is 20.2. The molecule has 2 aliphatic rings. The van der Waals surface area contributed by atoms with Crippen LogP contribution in [0.3, 0.4) is 0 Å². The summed E-state index contributed by atoms with van der Waals surface area (Å²) < 4.78 is 0. The fourth-order valence-electron chi connectivity index (χ4n) is 4.98. The number of nitrogens with zero attached hydrogens (tertiary/aromatic N) is 3. The Hall–Kier alpha value is -3.15. The van der Waals surface area contributed by atoms with E-state index in [0.717, 1.165) is 23.1 Å². The van der Waals surface area contributed by atoms with Crippen LogP contribution in [0.1, 0.15) is 32.3 Å². The van der Waals surface area contributed by atoms with Gasteiger partial charge in [-0.2, -0.15) is 0 Å². The van der Waals surface area contributed by atoms with Crippen molar-refractivity contribution in [3.63, 3.8) is 0 Å². The molecule has 0 spiro atoms. The van der Waals surface area contributed by atoms with Crippen molar-refractivity contribution in [2.75, 3.05) is 32.7 Å². The molecule has 0 N–H and O–H groups in total. The zero-order valence-corrected chi connectivity index (χ0v) is 19.6. The van der Waals surface area contributed by atoms with Crippen LogP contribution >= 0.6 is 0 Å². The van der Waals surface area contributed by atoms with E-state index in [9.17, 15) is 14.4 Å². The molecule has 174 valence electrons. The van der Waals surface area contributed by atoms with Gasteiger partial charge in [-0.1, -0.05) is 54.6 Å². The molecule has 0 aromatic heterocycles. The summed E-state index contributed by atoms with van der Waals surface area (Å²) in [4.78, 5) is 44.1. The van der Waals surface area contributed by atoms with Gasteiger partial charge in [0.25, 0.3) is 0 Å². The van der Waals surface area contributed by atoms with Crippen LogP contribution in [0.15, 0.2) is 54.6 Å². The van der Waals surface area contributed by atoms with E-state index in [4.69, 9.17) is 0 Å². The second-order valence-corrected chi connectivity index (χ2v) is 9.04. The van der Waals surface area contributed by atoms with Crippen LogP contribution in [0.25, 0.3) is 11.1 Å². The lowest BCUT2D eigenvalue weighted by atomic mass is 9.94. The van der Waals surface area contributed by atoms with Gasteiger partial charge in [-0.3, -0.25) is 14.4 Å². The molecule has 3 amide bonds. The minimum atomic E-state index is -0.481. The van der Waals surface area contributed by atoms with Crippen molar-refractivity contribution in [1.29, 1.82) is 0 Å². The molecule has 0 radical (unpaired) electrons. The number of carbonyl (C=O) groups excluding carboxylic acids is 3. The Bertz CT molecular complexity index is 1010. The van der Waals surface area contributed by atoms with Crippen LogP contribution in [-0.2, 0) is 20.8 Å². The van der Waals surface area contributed by atoms with E-state index in [0.29, 0.717) is 45.6 Å². The number of rotatable bonds is 6. The Morgan fingerprint density at radius 1 is 1.00 bits per heavy atom. The topological polar surface area (TPSA) is 60.9 Å². The summed E-state index contributed by atoms with van der Waals surface area (Å²) in [5.74, 6) is -0.211. The first-order chi connectivity index (χ1) is 16.0. The van der Waals surface area contributed by atoms with Crippen LogP contribution < -0.4 is 0 Å². The largest absolute Gasteiger partial charge is 0.341 e. The summed E-state index contributed by atoms with van der Waals surface area (Å²) >= 11 is 0. The summed E-state index contributed by atoms with van der Waals surface area (Å²) in [5.41, 5.74) is 3.35. The van der Waals surface area contributed by atoms with Crippen molar-refractivity contribution in [2.24, 2.45) is 5.92 Å². The van der Waals surface area contributed by atoms with Crippen molar-refractivity contribution in [3.8, 4) is 11.1 Å². The second-order valence-electron chi connectivity index (χ2n) is 9.04. The predicted molar refractivity (Wildman–Crippen MR) is 128 cm³/mol. The lowest BCUT2D eigenvalue weighted by Crippen LogP contribution is -2.49. The molecule has 2 fully saturated rings. The molecule has 2 heterocycles. The fraction of sp³-hybridized carbons (Fsp3) is 0.444. The molecule has 33 heavy (non-hydrogen) atoms. The van der Waals surface area contributed by atoms with E-state index in [1.165, 1.54) is 0 Å². The van der Waals surface area contributed by atoms with E-state index in [2.05, 4.69) is 30.3 Å². The highest BCUT2D eigenvalue weighted by atomic mass is 16.2. The van der Waals surface area contributed by atoms with Gasteiger partial charge in [-0.05, 0) is 43.4 Å². The summed E-state index contributed by atoms with van der Waals surface area (Å²) in [6.45, 7) is 6.48. The third-order valence-electron chi connectivity index (χ3n) is 6.89. The van der Waals surface area contributed by atoms with E-state index < -0.39 is 6.04 Å². The van der Waals surface area contributed by atoms with Crippen molar-refractivity contribution < 1.29 is 14.4 Å². The lowest BCUT2D eigenvalue weighted by molar-refractivity contribution is -0.143. The molecule has 2 saturated heterocycles. The summed E-state index contributed by atoms with van der Waals surface area (Å²) in [6.07, 6.45) is 1.90. The maximum absolute atomic E-state index is 13.3. The van der Waals surface area contributed by atoms with Crippen molar-refractivity contribution in [1.82, 2.24) is 14.7 Å². The predicted octanol–water partition coefficient (Wildman–Crippen LogP) is 3.21. The zero-order valence-electron chi connectivity index (χ0n) is 19.6. The monoisotopic (exact) mass is 447 g/mol. The van der Waals surface area contributed by atoms with Crippen LogP contribution in [-0.4, -0.2) is 71.2 Å². The number of carbonyl (C=O) groups is 3. The molecular formula is C27H33N3O3. The maximum Gasteiger partial charge on any atom is 0.245 e. The Labute approximate surface area is 196 Å². The number of amides is 3. The maximum atomic E-state index is 13.3. The fourth-order valence-corrected chi connectivity index (χ4v) is 4.98. The van der Waals surface area contributed by atoms with Crippen molar-refractivity contribution in [3.05, 3.63) is 60.2 Å². The van der Waals surface area contributed by atoms with E-state index in [1.807, 2.05) is 43.0 Å². The van der Waals surface area contributed by atoms with Gasteiger partial charge in [0.2, 0.25) is 17.7 Å². The lowest BCUT2D eigenvalue weighted by Gasteiger charge is -2.30. The standard InChI is InChI=1S/C27H33N3O3/c1-3-28-15-16-29(26(32)20(2)30-14-8-13-25(30)31)19-24(27(28)33)18-21-9-7-12-23(17-21)22-10-5-4-6-11-22/h4-7,9-12,17,20,24H,3,8,13-16,18-19H2,1-2H3/t20-,24-/m0/s1. The molecule has 6 heteroatoms. The highest BCUT2D eigenvalue weighted by molar-refractivity contribution is 5.89. The third kappa shape index (κ3) is 5.10. The Kier molecular flexibility index (Phi) is 7.11. The summed E-state index contributed by atoms with van der Waals surface area (Å²) in [7, 11) is 0. The minimum absolute atomic E-state index is 0.0474. The molecule has 2 aromatic rings. The number of hydrogen-bond acceptors (Lipinski definition) is 3. The van der Waals surface area contributed by atoms with Gasteiger partial charge in [0.15, 0.2) is 0 Å². The van der Waals surface area contributed by atoms with Crippen LogP contribution in [0.5, 0.6) is 0 Å². The van der Waals surface area contributed by atoms with Crippen LogP contribution in [0.2, 0.25) is 0 Å². The van der Waals surface area contributed by atoms with Gasteiger partial charge in [0.05, 0.1) is 5.92 Å². The van der Waals surface area contributed by atoms with Crippen LogP contribution in [0, 0.1) is 5.92 Å². The minimum Gasteiger partial charge on any atom is -0.341 e. The molecular weight excluding hydrogens is 414 g/mol. The molecule has 0 saturated carbocycles. The summed E-state index contributed by atoms with van der Waals surface area (Å²) in [5, 5.41) is 0. The first-order valence-electron chi connectivity index (χ1n) is 12.0. The highest BCUT2D eigenvalue weighted by Gasteiger charge is 2.36. The molecule has 0 aliphatic carbocycles. The van der Waals surface area contributed by atoms with Crippen molar-refractivity contribution >= 4 is 17.7 Å². The van der Waals surface area contributed by atoms with Gasteiger partial charge in [0, 0.05) is 39.1 Å². The van der Waals surface area contributed by atoms with E-state index in [1.54, 1.807) is 9.80 Å². The van der Waals surface area contributed by atoms with Gasteiger partial charge in [0.1, 0.15) is 6.04 Å². The Balaban J connectivity index is 1.53. The van der Waals surface area contributed by atoms with Gasteiger partial charge < -0.3 is 14.7 Å². The van der Waals surface area contributed by atoms with E-state index >= 15 is 0 Å². The number of benzene rings is 2. The molecule has 2 aromatic carbocycles. The van der Waals surface area contributed by atoms with Gasteiger partial charge >= 0.3 is 0 Å². The number of hydrogen-bond donors (Lipinski definition) is 0. The average molecular weight is 448 g/mol. The summed E-state index contributed by atoms with van der Waals surface area (Å²) in [6, 6.07) is 18.0.